The van der Waals surface area contributed by atoms with Gasteiger partial charge in [-0.25, -0.2) is 0 Å². The van der Waals surface area contributed by atoms with Crippen molar-refractivity contribution in [1.82, 2.24) is 10.6 Å². The molecule has 2 N–H and O–H groups in total. The van der Waals surface area contributed by atoms with Crippen molar-refractivity contribution < 1.29 is 9.53 Å². The fourth-order valence-electron chi connectivity index (χ4n) is 3.88. The summed E-state index contributed by atoms with van der Waals surface area (Å²) >= 11 is 0. The summed E-state index contributed by atoms with van der Waals surface area (Å²) in [6, 6.07) is 5.75. The second kappa shape index (κ2) is 6.91. The molecule has 4 nitrogen and oxygen atoms in total. The van der Waals surface area contributed by atoms with Gasteiger partial charge in [0.2, 0.25) is 5.91 Å². The summed E-state index contributed by atoms with van der Waals surface area (Å²) in [7, 11) is 0. The van der Waals surface area contributed by atoms with Gasteiger partial charge in [0.05, 0.1) is 13.0 Å². The van der Waals surface area contributed by atoms with Crippen LogP contribution >= 0.6 is 0 Å². The Morgan fingerprint density at radius 3 is 2.61 bits per heavy atom. The predicted molar refractivity (Wildman–Crippen MR) is 91.9 cm³/mol. The van der Waals surface area contributed by atoms with Crippen LogP contribution in [-0.2, 0) is 4.79 Å². The second-order valence-corrected chi connectivity index (χ2v) is 7.18. The molecule has 126 valence electrons. The van der Waals surface area contributed by atoms with Gasteiger partial charge in [-0.1, -0.05) is 6.07 Å². The van der Waals surface area contributed by atoms with Crippen LogP contribution in [0.25, 0.3) is 0 Å². The number of benzene rings is 1. The van der Waals surface area contributed by atoms with E-state index in [-0.39, 0.29) is 5.91 Å². The molecule has 0 saturated carbocycles. The molecular formula is C19H28N2O2. The van der Waals surface area contributed by atoms with Crippen molar-refractivity contribution in [2.24, 2.45) is 0 Å². The normalized spacial score (nSPS) is 26.1. The van der Waals surface area contributed by atoms with Gasteiger partial charge in [-0.3, -0.25) is 4.79 Å². The van der Waals surface area contributed by atoms with Crippen molar-refractivity contribution in [2.45, 2.75) is 71.0 Å². The number of ether oxygens (including phenoxy) is 1. The van der Waals surface area contributed by atoms with Crippen molar-refractivity contribution in [3.63, 3.8) is 0 Å². The Hall–Kier alpha value is -1.55. The summed E-state index contributed by atoms with van der Waals surface area (Å²) in [5, 5.41) is 6.78. The van der Waals surface area contributed by atoms with Gasteiger partial charge in [-0.2, -0.15) is 0 Å². The minimum absolute atomic E-state index is 0.110. The minimum Gasteiger partial charge on any atom is -0.493 e. The number of hydrogen-bond donors (Lipinski definition) is 2. The molecule has 1 aromatic carbocycles. The Morgan fingerprint density at radius 2 is 1.91 bits per heavy atom. The lowest BCUT2D eigenvalue weighted by atomic mass is 10.00. The number of carbonyl (C=O) groups is 1. The quantitative estimate of drug-likeness (QED) is 0.878. The number of nitrogens with one attached hydrogen (secondary N) is 2. The van der Waals surface area contributed by atoms with Gasteiger partial charge in [-0.05, 0) is 69.2 Å². The third kappa shape index (κ3) is 4.05. The van der Waals surface area contributed by atoms with Gasteiger partial charge >= 0.3 is 0 Å². The summed E-state index contributed by atoms with van der Waals surface area (Å²) < 4.78 is 5.84. The third-order valence-corrected chi connectivity index (χ3v) is 5.19. The average Bonchev–Trinajstić information content (AvgIpc) is 2.83. The van der Waals surface area contributed by atoms with Crippen molar-refractivity contribution >= 4 is 5.91 Å². The highest BCUT2D eigenvalue weighted by molar-refractivity contribution is 5.76. The van der Waals surface area contributed by atoms with Crippen LogP contribution in [-0.4, -0.2) is 30.6 Å². The van der Waals surface area contributed by atoms with E-state index in [9.17, 15) is 4.79 Å². The van der Waals surface area contributed by atoms with Gasteiger partial charge < -0.3 is 15.4 Å². The number of amides is 1. The van der Waals surface area contributed by atoms with E-state index in [1.54, 1.807) is 0 Å². The molecule has 2 bridgehead atoms. The molecule has 0 aromatic heterocycles. The van der Waals surface area contributed by atoms with E-state index in [0.29, 0.717) is 31.2 Å². The second-order valence-electron chi connectivity index (χ2n) is 7.18. The van der Waals surface area contributed by atoms with Gasteiger partial charge in [0.1, 0.15) is 5.75 Å². The molecule has 2 aliphatic rings. The minimum atomic E-state index is 0.110. The van der Waals surface area contributed by atoms with E-state index in [0.717, 1.165) is 24.2 Å². The van der Waals surface area contributed by atoms with E-state index in [4.69, 9.17) is 4.74 Å². The summed E-state index contributed by atoms with van der Waals surface area (Å²) in [6.07, 6.45) is 5.07. The van der Waals surface area contributed by atoms with Crippen molar-refractivity contribution in [1.29, 1.82) is 0 Å². The number of piperidine rings is 1. The molecule has 23 heavy (non-hydrogen) atoms. The lowest BCUT2D eigenvalue weighted by molar-refractivity contribution is -0.122. The van der Waals surface area contributed by atoms with Crippen LogP contribution < -0.4 is 15.4 Å². The number of carbonyl (C=O) groups excluding carboxylic acids is 1. The van der Waals surface area contributed by atoms with Crippen molar-refractivity contribution in [3.8, 4) is 5.75 Å². The molecule has 2 fully saturated rings. The fourth-order valence-corrected chi connectivity index (χ4v) is 3.88. The Kier molecular flexibility index (Phi) is 4.90. The number of fused-ring (bicyclic) bond motifs is 2. The highest BCUT2D eigenvalue weighted by Crippen LogP contribution is 2.27. The number of aryl methyl sites for hydroxylation is 2. The molecule has 2 unspecified atom stereocenters. The third-order valence-electron chi connectivity index (χ3n) is 5.19. The maximum atomic E-state index is 12.1. The SMILES string of the molecule is Cc1cc(C)c(C)c(OCCC(=O)NC2CC3CCC(C2)N3)c1. The molecule has 4 heteroatoms. The van der Waals surface area contributed by atoms with Crippen molar-refractivity contribution in [2.75, 3.05) is 6.61 Å². The van der Waals surface area contributed by atoms with Crippen LogP contribution in [0.1, 0.15) is 48.8 Å². The molecule has 0 aliphatic carbocycles. The largest absolute Gasteiger partial charge is 0.493 e. The smallest absolute Gasteiger partial charge is 0.223 e. The van der Waals surface area contributed by atoms with Crippen LogP contribution in [0.2, 0.25) is 0 Å². The van der Waals surface area contributed by atoms with E-state index < -0.39 is 0 Å². The molecular weight excluding hydrogens is 288 g/mol. The first-order valence-corrected chi connectivity index (χ1v) is 8.77. The van der Waals surface area contributed by atoms with E-state index in [2.05, 4.69) is 37.5 Å². The Morgan fingerprint density at radius 1 is 1.22 bits per heavy atom. The molecule has 0 spiro atoms. The molecule has 2 aliphatic heterocycles. The Bertz CT molecular complexity index is 573. The highest BCUT2D eigenvalue weighted by atomic mass is 16.5. The van der Waals surface area contributed by atoms with Crippen LogP contribution in [0.4, 0.5) is 0 Å². The maximum absolute atomic E-state index is 12.1. The van der Waals surface area contributed by atoms with Gasteiger partial charge in [0, 0.05) is 18.1 Å². The zero-order valence-electron chi connectivity index (χ0n) is 14.4. The summed E-state index contributed by atoms with van der Waals surface area (Å²) in [5.74, 6) is 1.01. The van der Waals surface area contributed by atoms with E-state index >= 15 is 0 Å². The molecule has 2 heterocycles. The van der Waals surface area contributed by atoms with Crippen LogP contribution in [0, 0.1) is 20.8 Å². The molecule has 0 radical (unpaired) electrons. The highest BCUT2D eigenvalue weighted by Gasteiger charge is 2.33. The zero-order chi connectivity index (χ0) is 16.4. The number of hydrogen-bond acceptors (Lipinski definition) is 3. The van der Waals surface area contributed by atoms with Crippen LogP contribution in [0.3, 0.4) is 0 Å². The average molecular weight is 316 g/mol. The lowest BCUT2D eigenvalue weighted by Crippen LogP contribution is -2.48. The summed E-state index contributed by atoms with van der Waals surface area (Å²) in [4.78, 5) is 12.1. The number of rotatable bonds is 5. The van der Waals surface area contributed by atoms with Crippen LogP contribution in [0.15, 0.2) is 12.1 Å². The molecule has 2 saturated heterocycles. The van der Waals surface area contributed by atoms with Crippen LogP contribution in [0.5, 0.6) is 5.75 Å². The first kappa shape index (κ1) is 16.3. The summed E-state index contributed by atoms with van der Waals surface area (Å²) in [5.41, 5.74) is 3.58. The topological polar surface area (TPSA) is 50.4 Å². The molecule has 1 aromatic rings. The summed E-state index contributed by atoms with van der Waals surface area (Å²) in [6.45, 7) is 6.66. The molecule has 3 rings (SSSR count). The molecule has 2 atom stereocenters. The first-order chi connectivity index (χ1) is 11.0. The van der Waals surface area contributed by atoms with Crippen molar-refractivity contribution in [3.05, 3.63) is 28.8 Å². The maximum Gasteiger partial charge on any atom is 0.223 e. The Labute approximate surface area is 139 Å². The Balaban J connectivity index is 1.45. The zero-order valence-corrected chi connectivity index (χ0v) is 14.4. The predicted octanol–water partition coefficient (Wildman–Crippen LogP) is 2.78. The molecule has 1 amide bonds. The van der Waals surface area contributed by atoms with E-state index in [1.807, 2.05) is 6.07 Å². The van der Waals surface area contributed by atoms with E-state index in [1.165, 1.54) is 24.0 Å². The van der Waals surface area contributed by atoms with Gasteiger partial charge in [0.15, 0.2) is 0 Å². The monoisotopic (exact) mass is 316 g/mol. The standard InChI is InChI=1S/C19H28N2O2/c1-12-8-13(2)14(3)18(9-12)23-7-6-19(22)21-17-10-15-4-5-16(11-17)20-15/h8-9,15-17,20H,4-7,10-11H2,1-3H3,(H,21,22). The lowest BCUT2D eigenvalue weighted by Gasteiger charge is -2.29. The first-order valence-electron chi connectivity index (χ1n) is 8.77. The van der Waals surface area contributed by atoms with Gasteiger partial charge in [0.25, 0.3) is 0 Å². The van der Waals surface area contributed by atoms with Gasteiger partial charge in [-0.15, -0.1) is 0 Å². The fraction of sp³-hybridized carbons (Fsp3) is 0.632.